The molecule has 2 radical (unpaired) electrons. The van der Waals surface area contributed by atoms with Gasteiger partial charge in [0.25, 0.3) is 0 Å². The van der Waals surface area contributed by atoms with Gasteiger partial charge in [-0.15, -0.1) is 0 Å². The summed E-state index contributed by atoms with van der Waals surface area (Å²) in [5.74, 6) is 1.79. The molecular weight excluding hydrogens is 232 g/mol. The van der Waals surface area contributed by atoms with Crippen molar-refractivity contribution in [2.24, 2.45) is 0 Å². The molecule has 4 rings (SSSR count). The van der Waals surface area contributed by atoms with Gasteiger partial charge in [0, 0.05) is 11.5 Å². The topological polar surface area (TPSA) is 9.23 Å². The van der Waals surface area contributed by atoms with Crippen LogP contribution in [0.2, 0.25) is 0 Å². The smallest absolute Gasteiger partial charge is 0.205 e. The van der Waals surface area contributed by atoms with Crippen LogP contribution in [0.5, 0.6) is 5.75 Å². The Morgan fingerprint density at radius 1 is 0.947 bits per heavy atom. The Balaban J connectivity index is 1.76. The highest BCUT2D eigenvalue weighted by atomic mass is 16.5. The lowest BCUT2D eigenvalue weighted by Crippen LogP contribution is -2.16. The Labute approximate surface area is 114 Å². The summed E-state index contributed by atoms with van der Waals surface area (Å²) in [5, 5.41) is 0. The van der Waals surface area contributed by atoms with Crippen molar-refractivity contribution < 1.29 is 4.74 Å². The van der Waals surface area contributed by atoms with Crippen LogP contribution in [0.4, 0.5) is 0 Å². The summed E-state index contributed by atoms with van der Waals surface area (Å²) in [5.41, 5.74) is 4.29. The van der Waals surface area contributed by atoms with Gasteiger partial charge in [-0.1, -0.05) is 42.5 Å². The minimum absolute atomic E-state index is 0.289. The molecule has 0 saturated carbocycles. The predicted molar refractivity (Wildman–Crippen MR) is 75.2 cm³/mol. The predicted octanol–water partition coefficient (Wildman–Crippen LogP) is 4.32. The number of para-hydroxylation sites is 1. The van der Waals surface area contributed by atoms with E-state index >= 15 is 0 Å². The highest BCUT2D eigenvalue weighted by molar-refractivity contribution is 5.46. The lowest BCUT2D eigenvalue weighted by Gasteiger charge is -2.29. The quantitative estimate of drug-likeness (QED) is 0.730. The van der Waals surface area contributed by atoms with Gasteiger partial charge in [-0.3, -0.25) is 0 Å². The van der Waals surface area contributed by atoms with Gasteiger partial charge in [0.1, 0.15) is 5.75 Å². The third kappa shape index (κ3) is 1.76. The number of hydrogen-bond donors (Lipinski definition) is 0. The SMILES string of the molecule is [C]1Oc2ccccc2C1C1CCCc2ccccc21. The molecule has 1 nitrogen and oxygen atoms in total. The van der Waals surface area contributed by atoms with E-state index in [0.717, 1.165) is 5.75 Å². The van der Waals surface area contributed by atoms with Crippen LogP contribution in [-0.2, 0) is 6.42 Å². The molecule has 19 heavy (non-hydrogen) atoms. The molecule has 1 aliphatic carbocycles. The van der Waals surface area contributed by atoms with Crippen LogP contribution in [0.15, 0.2) is 48.5 Å². The molecule has 2 aromatic carbocycles. The zero-order valence-corrected chi connectivity index (χ0v) is 10.8. The fourth-order valence-electron chi connectivity index (χ4n) is 3.46. The molecule has 0 aromatic heterocycles. The van der Waals surface area contributed by atoms with E-state index in [4.69, 9.17) is 4.74 Å². The molecule has 1 aliphatic heterocycles. The maximum atomic E-state index is 5.63. The van der Waals surface area contributed by atoms with Crippen LogP contribution in [-0.4, -0.2) is 0 Å². The zero-order valence-electron chi connectivity index (χ0n) is 10.8. The van der Waals surface area contributed by atoms with Crippen molar-refractivity contribution in [3.05, 3.63) is 71.8 Å². The van der Waals surface area contributed by atoms with Crippen molar-refractivity contribution in [1.29, 1.82) is 0 Å². The number of hydrogen-bond acceptors (Lipinski definition) is 1. The Morgan fingerprint density at radius 3 is 2.68 bits per heavy atom. The first-order valence-electron chi connectivity index (χ1n) is 7.02. The maximum absolute atomic E-state index is 5.63. The summed E-state index contributed by atoms with van der Waals surface area (Å²) >= 11 is 0. The van der Waals surface area contributed by atoms with Crippen molar-refractivity contribution >= 4 is 0 Å². The average molecular weight is 248 g/mol. The van der Waals surface area contributed by atoms with Gasteiger partial charge in [0.15, 0.2) is 0 Å². The van der Waals surface area contributed by atoms with E-state index in [-0.39, 0.29) is 5.92 Å². The second-order valence-electron chi connectivity index (χ2n) is 5.43. The average Bonchev–Trinajstić information content (AvgIpc) is 2.90. The van der Waals surface area contributed by atoms with Gasteiger partial charge in [-0.2, -0.15) is 0 Å². The number of fused-ring (bicyclic) bond motifs is 2. The molecule has 1 heteroatoms. The summed E-state index contributed by atoms with van der Waals surface area (Å²) in [6.07, 6.45) is 3.70. The van der Waals surface area contributed by atoms with E-state index in [1.165, 1.54) is 36.0 Å². The summed E-state index contributed by atoms with van der Waals surface area (Å²) < 4.78 is 5.63. The summed E-state index contributed by atoms with van der Waals surface area (Å²) in [6, 6.07) is 17.2. The fraction of sp³-hybridized carbons (Fsp3) is 0.278. The molecule has 0 fully saturated rings. The molecule has 0 bridgehead atoms. The Bertz CT molecular complexity index is 602. The number of benzene rings is 2. The van der Waals surface area contributed by atoms with Gasteiger partial charge < -0.3 is 4.74 Å². The standard InChI is InChI=1S/C18H16O/c1-2-8-14-13(6-1)7-5-10-15(14)17-12-19-18-11-4-3-9-16(17)18/h1-4,6,8-9,11,15,17H,5,7,10H2. The zero-order chi connectivity index (χ0) is 12.7. The van der Waals surface area contributed by atoms with Gasteiger partial charge in [0.05, 0.1) is 0 Å². The molecule has 94 valence electrons. The normalized spacial score (nSPS) is 24.4. The van der Waals surface area contributed by atoms with E-state index in [0.29, 0.717) is 5.92 Å². The van der Waals surface area contributed by atoms with E-state index in [1.807, 2.05) is 12.1 Å². The van der Waals surface area contributed by atoms with Gasteiger partial charge in [0.2, 0.25) is 6.61 Å². The monoisotopic (exact) mass is 248 g/mol. The molecule has 1 heterocycles. The third-order valence-corrected chi connectivity index (χ3v) is 4.37. The largest absolute Gasteiger partial charge is 0.477 e. The molecule has 2 aromatic rings. The molecule has 0 amide bonds. The Kier molecular flexibility index (Phi) is 2.58. The van der Waals surface area contributed by atoms with Crippen LogP contribution in [0.25, 0.3) is 0 Å². The van der Waals surface area contributed by atoms with E-state index in [1.54, 1.807) is 0 Å². The lowest BCUT2D eigenvalue weighted by atomic mass is 9.74. The van der Waals surface area contributed by atoms with E-state index < -0.39 is 0 Å². The first-order chi connectivity index (χ1) is 9.43. The number of ether oxygens (including phenoxy) is 1. The molecule has 2 unspecified atom stereocenters. The summed E-state index contributed by atoms with van der Waals surface area (Å²) in [4.78, 5) is 0. The third-order valence-electron chi connectivity index (χ3n) is 4.37. The Hall–Kier alpha value is -1.76. The van der Waals surface area contributed by atoms with E-state index in [9.17, 15) is 0 Å². The second-order valence-corrected chi connectivity index (χ2v) is 5.43. The second kappa shape index (κ2) is 4.41. The molecular formula is C18H16O. The van der Waals surface area contributed by atoms with Crippen molar-refractivity contribution in [3.63, 3.8) is 0 Å². The molecule has 2 atom stereocenters. The minimum Gasteiger partial charge on any atom is -0.477 e. The highest BCUT2D eigenvalue weighted by Gasteiger charge is 2.35. The van der Waals surface area contributed by atoms with Crippen molar-refractivity contribution in [1.82, 2.24) is 0 Å². The van der Waals surface area contributed by atoms with Crippen LogP contribution < -0.4 is 4.74 Å². The minimum atomic E-state index is 0.289. The van der Waals surface area contributed by atoms with Gasteiger partial charge in [-0.05, 0) is 42.4 Å². The molecule has 0 saturated heterocycles. The van der Waals surface area contributed by atoms with Gasteiger partial charge >= 0.3 is 0 Å². The Morgan fingerprint density at radius 2 is 1.74 bits per heavy atom. The maximum Gasteiger partial charge on any atom is 0.205 e. The summed E-state index contributed by atoms with van der Waals surface area (Å²) in [6.45, 7) is 3.23. The molecule has 0 N–H and O–H groups in total. The van der Waals surface area contributed by atoms with Crippen LogP contribution in [0, 0.1) is 6.61 Å². The number of rotatable bonds is 1. The lowest BCUT2D eigenvalue weighted by molar-refractivity contribution is 0.382. The van der Waals surface area contributed by atoms with Crippen molar-refractivity contribution in [2.45, 2.75) is 31.1 Å². The summed E-state index contributed by atoms with van der Waals surface area (Å²) in [7, 11) is 0. The fourth-order valence-corrected chi connectivity index (χ4v) is 3.46. The van der Waals surface area contributed by atoms with Crippen molar-refractivity contribution in [3.8, 4) is 5.75 Å². The first kappa shape index (κ1) is 11.1. The van der Waals surface area contributed by atoms with Crippen LogP contribution in [0.3, 0.4) is 0 Å². The number of aryl methyl sites for hydroxylation is 1. The van der Waals surface area contributed by atoms with Crippen molar-refractivity contribution in [2.75, 3.05) is 0 Å². The molecule has 0 spiro atoms. The van der Waals surface area contributed by atoms with Crippen LogP contribution >= 0.6 is 0 Å². The van der Waals surface area contributed by atoms with Gasteiger partial charge in [-0.25, -0.2) is 0 Å². The highest BCUT2D eigenvalue weighted by Crippen LogP contribution is 2.48. The van der Waals surface area contributed by atoms with Crippen LogP contribution in [0.1, 0.15) is 41.4 Å². The molecule has 2 aliphatic rings. The first-order valence-corrected chi connectivity index (χ1v) is 7.02. The van der Waals surface area contributed by atoms with E-state index in [2.05, 4.69) is 43.0 Å².